The van der Waals surface area contributed by atoms with Gasteiger partial charge in [-0.2, -0.15) is 0 Å². The van der Waals surface area contributed by atoms with Gasteiger partial charge in [0, 0.05) is 0 Å². The highest BCUT2D eigenvalue weighted by molar-refractivity contribution is 6.01. The molecule has 0 saturated heterocycles. The SMILES string of the molecule is CC1(C)[C@H](C(=O)O)[C@@H]1C(=O)Nc1ccccc1N. The molecule has 0 unspecified atom stereocenters. The van der Waals surface area contributed by atoms with E-state index in [4.69, 9.17) is 10.8 Å². The molecule has 0 aromatic heterocycles. The molecule has 1 aromatic rings. The van der Waals surface area contributed by atoms with Gasteiger partial charge >= 0.3 is 5.97 Å². The maximum absolute atomic E-state index is 12.0. The van der Waals surface area contributed by atoms with Gasteiger partial charge in [-0.25, -0.2) is 0 Å². The number of carbonyl (C=O) groups is 2. The van der Waals surface area contributed by atoms with Crippen LogP contribution in [0.25, 0.3) is 0 Å². The number of carboxylic acid groups (broad SMARTS) is 1. The largest absolute Gasteiger partial charge is 0.481 e. The van der Waals surface area contributed by atoms with Crippen molar-refractivity contribution in [2.45, 2.75) is 13.8 Å². The van der Waals surface area contributed by atoms with Crippen molar-refractivity contribution in [2.24, 2.45) is 17.3 Å². The Labute approximate surface area is 105 Å². The predicted octanol–water partition coefficient (Wildman–Crippen LogP) is 1.56. The summed E-state index contributed by atoms with van der Waals surface area (Å²) >= 11 is 0. The third kappa shape index (κ3) is 1.92. The maximum atomic E-state index is 12.0. The summed E-state index contributed by atoms with van der Waals surface area (Å²) in [5, 5.41) is 11.7. The van der Waals surface area contributed by atoms with E-state index in [-0.39, 0.29) is 5.91 Å². The second-order valence-electron chi connectivity index (χ2n) is 5.19. The Kier molecular flexibility index (Phi) is 2.77. The highest BCUT2D eigenvalue weighted by atomic mass is 16.4. The number of hydrogen-bond donors (Lipinski definition) is 3. The lowest BCUT2D eigenvalue weighted by atomic mass is 10.1. The summed E-state index contributed by atoms with van der Waals surface area (Å²) in [4.78, 5) is 23.0. The van der Waals surface area contributed by atoms with Gasteiger partial charge in [0.25, 0.3) is 0 Å². The molecule has 0 spiro atoms. The molecule has 5 nitrogen and oxygen atoms in total. The van der Waals surface area contributed by atoms with E-state index in [9.17, 15) is 9.59 Å². The van der Waals surface area contributed by atoms with Crippen LogP contribution < -0.4 is 11.1 Å². The number of para-hydroxylation sites is 2. The van der Waals surface area contributed by atoms with Crippen LogP contribution in [0.5, 0.6) is 0 Å². The summed E-state index contributed by atoms with van der Waals surface area (Å²) in [6.07, 6.45) is 0. The van der Waals surface area contributed by atoms with Crippen LogP contribution in [-0.2, 0) is 9.59 Å². The van der Waals surface area contributed by atoms with Gasteiger partial charge < -0.3 is 16.2 Å². The summed E-state index contributed by atoms with van der Waals surface area (Å²) < 4.78 is 0. The van der Waals surface area contributed by atoms with Crippen LogP contribution in [0.1, 0.15) is 13.8 Å². The van der Waals surface area contributed by atoms with E-state index >= 15 is 0 Å². The zero-order valence-electron chi connectivity index (χ0n) is 10.3. The minimum atomic E-state index is -0.929. The van der Waals surface area contributed by atoms with E-state index in [0.29, 0.717) is 11.4 Å². The second kappa shape index (κ2) is 4.01. The predicted molar refractivity (Wildman–Crippen MR) is 67.9 cm³/mol. The van der Waals surface area contributed by atoms with Crippen LogP contribution in [0.3, 0.4) is 0 Å². The lowest BCUT2D eigenvalue weighted by Gasteiger charge is -2.08. The first kappa shape index (κ1) is 12.4. The van der Waals surface area contributed by atoms with Gasteiger partial charge in [0.1, 0.15) is 0 Å². The molecule has 2 rings (SSSR count). The van der Waals surface area contributed by atoms with E-state index in [1.54, 1.807) is 38.1 Å². The molecule has 1 aromatic carbocycles. The third-order valence-electron chi connectivity index (χ3n) is 3.59. The fourth-order valence-corrected chi connectivity index (χ4v) is 2.41. The molecule has 0 radical (unpaired) electrons. The first-order valence-corrected chi connectivity index (χ1v) is 5.74. The van der Waals surface area contributed by atoms with Crippen LogP contribution in [-0.4, -0.2) is 17.0 Å². The van der Waals surface area contributed by atoms with Gasteiger partial charge in [-0.1, -0.05) is 26.0 Å². The summed E-state index contributed by atoms with van der Waals surface area (Å²) in [6.45, 7) is 3.56. The lowest BCUT2D eigenvalue weighted by molar-refractivity contribution is -0.140. The Morgan fingerprint density at radius 2 is 1.89 bits per heavy atom. The van der Waals surface area contributed by atoms with Gasteiger partial charge in [-0.3, -0.25) is 9.59 Å². The molecule has 18 heavy (non-hydrogen) atoms. The van der Waals surface area contributed by atoms with Gasteiger partial charge in [-0.05, 0) is 17.5 Å². The van der Waals surface area contributed by atoms with E-state index in [0.717, 1.165) is 0 Å². The number of aliphatic carboxylic acids is 1. The fraction of sp³-hybridized carbons (Fsp3) is 0.385. The first-order valence-electron chi connectivity index (χ1n) is 5.74. The molecule has 0 heterocycles. The van der Waals surface area contributed by atoms with E-state index in [1.807, 2.05) is 0 Å². The zero-order chi connectivity index (χ0) is 13.5. The number of rotatable bonds is 3. The van der Waals surface area contributed by atoms with Crippen molar-refractivity contribution in [3.63, 3.8) is 0 Å². The molecule has 1 aliphatic carbocycles. The number of carbonyl (C=O) groups excluding carboxylic acids is 1. The number of carboxylic acids is 1. The smallest absolute Gasteiger partial charge is 0.307 e. The fourth-order valence-electron chi connectivity index (χ4n) is 2.41. The van der Waals surface area contributed by atoms with Crippen molar-refractivity contribution in [2.75, 3.05) is 11.1 Å². The average molecular weight is 248 g/mol. The number of anilines is 2. The Bertz CT molecular complexity index is 511. The van der Waals surface area contributed by atoms with Gasteiger partial charge in [0.05, 0.1) is 23.2 Å². The Hall–Kier alpha value is -2.04. The Morgan fingerprint density at radius 1 is 1.28 bits per heavy atom. The minimum absolute atomic E-state index is 0.287. The molecule has 4 N–H and O–H groups in total. The van der Waals surface area contributed by atoms with Gasteiger partial charge in [-0.15, -0.1) is 0 Å². The number of nitrogen functional groups attached to an aromatic ring is 1. The van der Waals surface area contributed by atoms with Crippen LogP contribution in [0.15, 0.2) is 24.3 Å². The van der Waals surface area contributed by atoms with Gasteiger partial charge in [0.15, 0.2) is 0 Å². The first-order chi connectivity index (χ1) is 8.35. The molecule has 96 valence electrons. The van der Waals surface area contributed by atoms with Crippen molar-refractivity contribution in [3.05, 3.63) is 24.3 Å². The molecule has 2 atom stereocenters. The molecule has 1 fully saturated rings. The van der Waals surface area contributed by atoms with Crippen LogP contribution in [0, 0.1) is 17.3 Å². The Morgan fingerprint density at radius 3 is 2.39 bits per heavy atom. The normalized spacial score (nSPS) is 24.3. The van der Waals surface area contributed by atoms with E-state index < -0.39 is 23.2 Å². The number of nitrogens with one attached hydrogen (secondary N) is 1. The molecule has 0 aliphatic heterocycles. The summed E-state index contributed by atoms with van der Waals surface area (Å²) in [5.41, 5.74) is 6.21. The molecule has 1 saturated carbocycles. The van der Waals surface area contributed by atoms with Crippen molar-refractivity contribution < 1.29 is 14.7 Å². The maximum Gasteiger partial charge on any atom is 0.307 e. The molecule has 1 aliphatic rings. The average Bonchev–Trinajstić information content (AvgIpc) is 2.85. The quantitative estimate of drug-likeness (QED) is 0.708. The lowest BCUT2D eigenvalue weighted by Crippen LogP contribution is -2.18. The van der Waals surface area contributed by atoms with Crippen molar-refractivity contribution in [1.29, 1.82) is 0 Å². The number of amides is 1. The third-order valence-corrected chi connectivity index (χ3v) is 3.59. The zero-order valence-corrected chi connectivity index (χ0v) is 10.3. The second-order valence-corrected chi connectivity index (χ2v) is 5.19. The van der Waals surface area contributed by atoms with E-state index in [1.165, 1.54) is 0 Å². The monoisotopic (exact) mass is 248 g/mol. The summed E-state index contributed by atoms with van der Waals surface area (Å²) in [6, 6.07) is 6.91. The number of hydrogen-bond acceptors (Lipinski definition) is 3. The summed E-state index contributed by atoms with van der Waals surface area (Å²) in [5.74, 6) is -2.34. The number of benzene rings is 1. The highest BCUT2D eigenvalue weighted by Crippen LogP contribution is 2.58. The Balaban J connectivity index is 2.11. The molecular formula is C13H16N2O3. The number of nitrogens with two attached hydrogens (primary N) is 1. The standard InChI is InChI=1S/C13H16N2O3/c1-13(2)9(10(13)12(17)18)11(16)15-8-6-4-3-5-7(8)14/h3-6,9-10H,14H2,1-2H3,(H,15,16)(H,17,18)/t9-,10+/m1/s1. The minimum Gasteiger partial charge on any atom is -0.481 e. The van der Waals surface area contributed by atoms with Crippen LogP contribution in [0.4, 0.5) is 11.4 Å². The molecule has 0 bridgehead atoms. The van der Waals surface area contributed by atoms with E-state index in [2.05, 4.69) is 5.32 Å². The van der Waals surface area contributed by atoms with Crippen molar-refractivity contribution >= 4 is 23.3 Å². The molecule has 1 amide bonds. The molecular weight excluding hydrogens is 232 g/mol. The van der Waals surface area contributed by atoms with Crippen LogP contribution >= 0.6 is 0 Å². The topological polar surface area (TPSA) is 92.4 Å². The molecule has 5 heteroatoms. The summed E-state index contributed by atoms with van der Waals surface area (Å²) in [7, 11) is 0. The van der Waals surface area contributed by atoms with Crippen molar-refractivity contribution in [3.8, 4) is 0 Å². The van der Waals surface area contributed by atoms with Crippen molar-refractivity contribution in [1.82, 2.24) is 0 Å². The van der Waals surface area contributed by atoms with Crippen LogP contribution in [0.2, 0.25) is 0 Å². The van der Waals surface area contributed by atoms with Gasteiger partial charge in [0.2, 0.25) is 5.91 Å². The highest BCUT2D eigenvalue weighted by Gasteiger charge is 2.65.